The second-order valence-electron chi connectivity index (χ2n) is 2.98. The molecule has 2 rings (SSSR count). The molecule has 1 atom stereocenters. The van der Waals surface area contributed by atoms with Crippen molar-refractivity contribution in [3.05, 3.63) is 36.4 Å². The van der Waals surface area contributed by atoms with Gasteiger partial charge >= 0.3 is 0 Å². The van der Waals surface area contributed by atoms with E-state index in [0.717, 1.165) is 21.8 Å². The van der Waals surface area contributed by atoms with Crippen LogP contribution >= 0.6 is 8.81 Å². The Morgan fingerprint density at radius 3 is 2.64 bits per heavy atom. The third-order valence-electron chi connectivity index (χ3n) is 2.22. The van der Waals surface area contributed by atoms with E-state index < -0.39 is 0 Å². The molecule has 72 valence electrons. The zero-order valence-electron chi connectivity index (χ0n) is 7.82. The molecule has 0 aliphatic rings. The van der Waals surface area contributed by atoms with Crippen LogP contribution in [-0.4, -0.2) is 12.0 Å². The van der Waals surface area contributed by atoms with Crippen LogP contribution in [0.15, 0.2) is 36.4 Å². The number of rotatable bonds is 2. The van der Waals surface area contributed by atoms with E-state index in [1.54, 1.807) is 7.11 Å². The second kappa shape index (κ2) is 3.95. The van der Waals surface area contributed by atoms with E-state index in [4.69, 9.17) is 4.74 Å². The Hall–Kier alpha value is -1.11. The van der Waals surface area contributed by atoms with Crippen molar-refractivity contribution in [2.75, 3.05) is 7.11 Å². The van der Waals surface area contributed by atoms with Crippen LogP contribution < -0.4 is 10.0 Å². The summed E-state index contributed by atoms with van der Waals surface area (Å²) in [5.74, 6) is 0.754. The summed E-state index contributed by atoms with van der Waals surface area (Å²) in [4.78, 5) is 9.30. The van der Waals surface area contributed by atoms with Crippen LogP contribution in [0.2, 0.25) is 0 Å². The lowest BCUT2D eigenvalue weighted by molar-refractivity contribution is 0.418. The summed E-state index contributed by atoms with van der Waals surface area (Å²) in [6.45, 7) is 0. The normalized spacial score (nSPS) is 11.3. The Morgan fingerprint density at radius 1 is 1.14 bits per heavy atom. The molecule has 14 heavy (non-hydrogen) atoms. The number of hydrogen-bond acceptors (Lipinski definition) is 2. The number of hydrogen-bond donors (Lipinski definition) is 1. The van der Waals surface area contributed by atoms with E-state index in [9.17, 15) is 4.89 Å². The van der Waals surface area contributed by atoms with Crippen molar-refractivity contribution in [1.82, 2.24) is 0 Å². The minimum Gasteiger partial charge on any atom is -0.496 e. The molecule has 2 aromatic rings. The van der Waals surface area contributed by atoms with E-state index in [1.807, 2.05) is 36.4 Å². The average Bonchev–Trinajstić information content (AvgIpc) is 2.27. The highest BCUT2D eigenvalue weighted by molar-refractivity contribution is 7.42. The molecule has 0 amide bonds. The summed E-state index contributed by atoms with van der Waals surface area (Å²) in [5, 5.41) is 3.07. The van der Waals surface area contributed by atoms with Gasteiger partial charge in [0.1, 0.15) is 5.75 Å². The SMILES string of the molecule is COc1ccc2ccccc2c1PO. The molecular weight excluding hydrogens is 195 g/mol. The fraction of sp³-hybridized carbons (Fsp3) is 0.0909. The minimum atomic E-state index is -0.236. The molecule has 0 saturated heterocycles. The molecule has 2 aromatic carbocycles. The maximum absolute atomic E-state index is 9.30. The Bertz CT molecular complexity index is 454. The number of benzene rings is 2. The van der Waals surface area contributed by atoms with Crippen molar-refractivity contribution in [3.63, 3.8) is 0 Å². The first-order chi connectivity index (χ1) is 6.86. The van der Waals surface area contributed by atoms with Crippen LogP contribution in [0.4, 0.5) is 0 Å². The number of fused-ring (bicyclic) bond motifs is 1. The third-order valence-corrected chi connectivity index (χ3v) is 2.96. The molecule has 0 saturated carbocycles. The third kappa shape index (κ3) is 1.47. The first kappa shape index (κ1) is 9.45. The predicted molar refractivity (Wildman–Crippen MR) is 60.7 cm³/mol. The molecular formula is C11H11O2P. The van der Waals surface area contributed by atoms with Gasteiger partial charge in [0, 0.05) is 14.1 Å². The van der Waals surface area contributed by atoms with Gasteiger partial charge in [-0.2, -0.15) is 0 Å². The van der Waals surface area contributed by atoms with E-state index in [0.29, 0.717) is 0 Å². The molecule has 0 aliphatic heterocycles. The van der Waals surface area contributed by atoms with Gasteiger partial charge in [0.15, 0.2) is 0 Å². The van der Waals surface area contributed by atoms with Gasteiger partial charge in [-0.05, 0) is 16.8 Å². The average molecular weight is 206 g/mol. The molecule has 0 heterocycles. The van der Waals surface area contributed by atoms with Crippen LogP contribution in [0.3, 0.4) is 0 Å². The van der Waals surface area contributed by atoms with Gasteiger partial charge < -0.3 is 9.63 Å². The smallest absolute Gasteiger partial charge is 0.129 e. The predicted octanol–water partition coefficient (Wildman–Crippen LogP) is 2.06. The van der Waals surface area contributed by atoms with Gasteiger partial charge in [0.25, 0.3) is 0 Å². The van der Waals surface area contributed by atoms with E-state index in [-0.39, 0.29) is 8.81 Å². The minimum absolute atomic E-state index is 0.236. The van der Waals surface area contributed by atoms with Crippen LogP contribution in [0.1, 0.15) is 0 Å². The van der Waals surface area contributed by atoms with Gasteiger partial charge in [-0.3, -0.25) is 0 Å². The molecule has 0 bridgehead atoms. The molecule has 0 spiro atoms. The first-order valence-corrected chi connectivity index (χ1v) is 5.27. The summed E-state index contributed by atoms with van der Waals surface area (Å²) < 4.78 is 5.19. The van der Waals surface area contributed by atoms with Crippen LogP contribution in [0.25, 0.3) is 10.8 Å². The summed E-state index contributed by atoms with van der Waals surface area (Å²) >= 11 is 0. The topological polar surface area (TPSA) is 29.5 Å². The first-order valence-electron chi connectivity index (χ1n) is 4.32. The highest BCUT2D eigenvalue weighted by Crippen LogP contribution is 2.24. The standard InChI is InChI=1S/C11H11O2P/c1-13-10-7-6-8-4-2-3-5-9(8)11(10)14-12/h2-7,12,14H,1H3. The Labute approximate surface area is 84.4 Å². The number of methoxy groups -OCH3 is 1. The summed E-state index contributed by atoms with van der Waals surface area (Å²) in [6.07, 6.45) is 0. The van der Waals surface area contributed by atoms with Crippen LogP contribution in [0.5, 0.6) is 5.75 Å². The molecule has 0 fully saturated rings. The summed E-state index contributed by atoms with van der Waals surface area (Å²) in [7, 11) is 1.38. The van der Waals surface area contributed by atoms with Crippen LogP contribution in [0, 0.1) is 0 Å². The van der Waals surface area contributed by atoms with E-state index in [1.165, 1.54) is 0 Å². The maximum Gasteiger partial charge on any atom is 0.129 e. The monoisotopic (exact) mass is 206 g/mol. The van der Waals surface area contributed by atoms with Gasteiger partial charge in [0.2, 0.25) is 0 Å². The lowest BCUT2D eigenvalue weighted by Crippen LogP contribution is -2.02. The van der Waals surface area contributed by atoms with Crippen LogP contribution in [-0.2, 0) is 0 Å². The summed E-state index contributed by atoms with van der Waals surface area (Å²) in [5.41, 5.74) is 0. The Balaban J connectivity index is 2.77. The van der Waals surface area contributed by atoms with Crippen molar-refractivity contribution in [2.24, 2.45) is 0 Å². The van der Waals surface area contributed by atoms with Crippen molar-refractivity contribution in [2.45, 2.75) is 0 Å². The quantitative estimate of drug-likeness (QED) is 0.762. The zero-order valence-corrected chi connectivity index (χ0v) is 8.82. The largest absolute Gasteiger partial charge is 0.496 e. The fourth-order valence-electron chi connectivity index (χ4n) is 1.54. The lowest BCUT2D eigenvalue weighted by atomic mass is 10.1. The molecule has 1 N–H and O–H groups in total. The van der Waals surface area contributed by atoms with Gasteiger partial charge in [-0.1, -0.05) is 30.3 Å². The van der Waals surface area contributed by atoms with Gasteiger partial charge in [-0.25, -0.2) is 0 Å². The van der Waals surface area contributed by atoms with Crippen molar-refractivity contribution >= 4 is 24.9 Å². The Kier molecular flexibility index (Phi) is 2.67. The lowest BCUT2D eigenvalue weighted by Gasteiger charge is -2.08. The Morgan fingerprint density at radius 2 is 1.93 bits per heavy atom. The zero-order chi connectivity index (χ0) is 9.97. The molecule has 0 aromatic heterocycles. The van der Waals surface area contributed by atoms with E-state index in [2.05, 4.69) is 0 Å². The highest BCUT2D eigenvalue weighted by Gasteiger charge is 2.06. The van der Waals surface area contributed by atoms with Gasteiger partial charge in [-0.15, -0.1) is 0 Å². The van der Waals surface area contributed by atoms with Gasteiger partial charge in [0.05, 0.1) is 7.11 Å². The van der Waals surface area contributed by atoms with Crippen molar-refractivity contribution in [1.29, 1.82) is 0 Å². The summed E-state index contributed by atoms with van der Waals surface area (Å²) in [6, 6.07) is 11.9. The number of ether oxygens (including phenoxy) is 1. The second-order valence-corrected chi connectivity index (χ2v) is 3.70. The van der Waals surface area contributed by atoms with E-state index >= 15 is 0 Å². The van der Waals surface area contributed by atoms with Crippen molar-refractivity contribution < 1.29 is 9.63 Å². The maximum atomic E-state index is 9.30. The highest BCUT2D eigenvalue weighted by atomic mass is 31.1. The molecule has 3 heteroatoms. The molecule has 2 nitrogen and oxygen atoms in total. The molecule has 0 aliphatic carbocycles. The fourth-order valence-corrected chi connectivity index (χ4v) is 2.18. The van der Waals surface area contributed by atoms with Crippen molar-refractivity contribution in [3.8, 4) is 5.75 Å². The molecule has 1 unspecified atom stereocenters. The molecule has 0 radical (unpaired) electrons.